The predicted molar refractivity (Wildman–Crippen MR) is 40.3 cm³/mol. The van der Waals surface area contributed by atoms with Crippen LogP contribution in [0, 0.1) is 0 Å². The third kappa shape index (κ3) is 9.60. The summed E-state index contributed by atoms with van der Waals surface area (Å²) in [5.74, 6) is -1.08. The molecule has 0 aromatic rings. The van der Waals surface area contributed by atoms with Gasteiger partial charge in [-0.05, 0) is 6.92 Å². The molecule has 0 radical (unpaired) electrons. The van der Waals surface area contributed by atoms with Crippen molar-refractivity contribution in [3.05, 3.63) is 0 Å². The summed E-state index contributed by atoms with van der Waals surface area (Å²) in [4.78, 5) is 8.89. The van der Waals surface area contributed by atoms with E-state index >= 15 is 0 Å². The second kappa shape index (κ2) is 6.01. The second-order valence-electron chi connectivity index (χ2n) is 2.52. The van der Waals surface area contributed by atoms with Gasteiger partial charge in [0.1, 0.15) is 0 Å². The van der Waals surface area contributed by atoms with Crippen LogP contribution < -0.4 is 5.11 Å². The van der Waals surface area contributed by atoms with E-state index in [0.29, 0.717) is 0 Å². The van der Waals surface area contributed by atoms with Gasteiger partial charge in [0, 0.05) is 5.97 Å². The number of rotatable bonds is 2. The Morgan fingerprint density at radius 3 is 1.53 bits per heavy atom. The first-order chi connectivity index (χ1) is 6.40. The minimum atomic E-state index is -5.60. The van der Waals surface area contributed by atoms with Crippen LogP contribution in [-0.4, -0.2) is 27.3 Å². The first kappa shape index (κ1) is 16.7. The highest BCUT2D eigenvalue weighted by Gasteiger charge is 2.63. The molecule has 0 aliphatic carbocycles. The molecule has 90 valence electrons. The number of carboxylic acid groups (broad SMARTS) is 1. The van der Waals surface area contributed by atoms with Crippen LogP contribution in [0.4, 0.5) is 22.0 Å². The number of halogens is 5. The molecule has 0 rings (SSSR count). The lowest BCUT2D eigenvalue weighted by Gasteiger charge is -2.14. The number of hydrogen-bond acceptors (Lipinski definition) is 3. The number of aliphatic carboxylic acids is 1. The zero-order valence-corrected chi connectivity index (χ0v) is 9.11. The molecule has 9 heteroatoms. The molecule has 0 amide bonds. The molecular weight excluding hydrogens is 243 g/mol. The molecule has 0 fully saturated rings. The van der Waals surface area contributed by atoms with Gasteiger partial charge in [-0.2, -0.15) is 26.4 Å². The second-order valence-corrected chi connectivity index (χ2v) is 4.54. The number of carbonyl (C=O) groups excluding carboxylic acids is 1. The van der Waals surface area contributed by atoms with Crippen molar-refractivity contribution in [3.8, 4) is 0 Å². The van der Waals surface area contributed by atoms with E-state index in [0.717, 1.165) is 6.92 Å². The van der Waals surface area contributed by atoms with Crippen molar-refractivity contribution in [2.24, 2.45) is 0 Å². The Balaban J connectivity index is 0. The molecule has 0 aliphatic heterocycles. The van der Waals surface area contributed by atoms with Crippen LogP contribution in [-0.2, 0) is 9.22 Å². The molecule has 0 aromatic heterocycles. The van der Waals surface area contributed by atoms with Crippen LogP contribution >= 0.6 is 0 Å². The first-order valence-electron chi connectivity index (χ1n) is 3.51. The SMILES string of the molecule is CC(=O)[O-].C[Si+](C)OC(F)(F)C(F)(F)F. The average molecular weight is 252 g/mol. The van der Waals surface area contributed by atoms with Crippen molar-refractivity contribution in [3.63, 3.8) is 0 Å². The van der Waals surface area contributed by atoms with Gasteiger partial charge >= 0.3 is 21.3 Å². The smallest absolute Gasteiger partial charge is 0.485 e. The van der Waals surface area contributed by atoms with Crippen LogP contribution in [0.2, 0.25) is 13.1 Å². The number of carbonyl (C=O) groups is 1. The van der Waals surface area contributed by atoms with E-state index in [-0.39, 0.29) is 0 Å². The largest absolute Gasteiger partial charge is 0.550 e. The van der Waals surface area contributed by atoms with Gasteiger partial charge in [0.15, 0.2) is 0 Å². The summed E-state index contributed by atoms with van der Waals surface area (Å²) in [6.45, 7) is 3.37. The lowest BCUT2D eigenvalue weighted by atomic mass is 10.6. The molecule has 0 aromatic carbocycles. The average Bonchev–Trinajstić information content (AvgIpc) is 1.78. The summed E-state index contributed by atoms with van der Waals surface area (Å²) in [7, 11) is -2.04. The Labute approximate surface area is 84.6 Å². The van der Waals surface area contributed by atoms with Gasteiger partial charge < -0.3 is 9.90 Å². The lowest BCUT2D eigenvalue weighted by molar-refractivity contribution is -0.363. The standard InChI is InChI=1S/C4H6F5OSi.C2H4O2/c1-11(2)10-4(8,9)3(5,6)7;1-2(3)4/h1-2H3;1H3,(H,3,4)/q+1;/p-1. The molecule has 0 heterocycles. The Bertz CT molecular complexity index is 199. The fourth-order valence-electron chi connectivity index (χ4n) is 0.314. The minimum Gasteiger partial charge on any atom is -0.550 e. The maximum Gasteiger partial charge on any atom is 0.485 e. The van der Waals surface area contributed by atoms with E-state index in [4.69, 9.17) is 9.90 Å². The first-order valence-corrected chi connectivity index (χ1v) is 5.92. The van der Waals surface area contributed by atoms with Gasteiger partial charge in [0.25, 0.3) is 0 Å². The molecular formula is C6H9F5O3Si. The molecule has 0 saturated heterocycles. The van der Waals surface area contributed by atoms with Crippen molar-refractivity contribution in [2.45, 2.75) is 32.3 Å². The van der Waals surface area contributed by atoms with Gasteiger partial charge in [0.2, 0.25) is 0 Å². The van der Waals surface area contributed by atoms with Gasteiger partial charge in [0.05, 0.1) is 13.1 Å². The predicted octanol–water partition coefficient (Wildman–Crippen LogP) is 1.17. The molecule has 0 unspecified atom stereocenters. The quantitative estimate of drug-likeness (QED) is 0.547. The van der Waals surface area contributed by atoms with Crippen molar-refractivity contribution >= 4 is 15.0 Å². The summed E-state index contributed by atoms with van der Waals surface area (Å²) in [6, 6.07) is 0. The Hall–Kier alpha value is -0.703. The van der Waals surface area contributed by atoms with Crippen LogP contribution in [0.3, 0.4) is 0 Å². The number of alkyl halides is 5. The molecule has 0 saturated carbocycles. The highest BCUT2D eigenvalue weighted by molar-refractivity contribution is 6.48. The van der Waals surface area contributed by atoms with Crippen LogP contribution in [0.15, 0.2) is 0 Å². The topological polar surface area (TPSA) is 49.4 Å². The van der Waals surface area contributed by atoms with Crippen molar-refractivity contribution < 1.29 is 36.3 Å². The molecule has 15 heavy (non-hydrogen) atoms. The van der Waals surface area contributed by atoms with E-state index in [9.17, 15) is 22.0 Å². The van der Waals surface area contributed by atoms with Crippen molar-refractivity contribution in [2.75, 3.05) is 0 Å². The fraction of sp³-hybridized carbons (Fsp3) is 0.833. The van der Waals surface area contributed by atoms with E-state index < -0.39 is 27.3 Å². The van der Waals surface area contributed by atoms with E-state index in [1.807, 2.05) is 0 Å². The molecule has 0 bridgehead atoms. The Morgan fingerprint density at radius 2 is 1.47 bits per heavy atom. The lowest BCUT2D eigenvalue weighted by Crippen LogP contribution is -2.42. The molecule has 3 nitrogen and oxygen atoms in total. The normalized spacial score (nSPS) is 11.5. The highest BCUT2D eigenvalue weighted by Crippen LogP contribution is 2.36. The van der Waals surface area contributed by atoms with Gasteiger partial charge in [-0.25, -0.2) is 0 Å². The van der Waals surface area contributed by atoms with Gasteiger partial charge in [-0.3, -0.25) is 0 Å². The van der Waals surface area contributed by atoms with Crippen LogP contribution in [0.25, 0.3) is 0 Å². The van der Waals surface area contributed by atoms with Gasteiger partial charge in [-0.15, -0.1) is 0 Å². The number of hydrogen-bond donors (Lipinski definition) is 0. The van der Waals surface area contributed by atoms with Crippen molar-refractivity contribution in [1.29, 1.82) is 0 Å². The van der Waals surface area contributed by atoms with Crippen LogP contribution in [0.5, 0.6) is 0 Å². The molecule has 0 spiro atoms. The van der Waals surface area contributed by atoms with Crippen molar-refractivity contribution in [1.82, 2.24) is 0 Å². The van der Waals surface area contributed by atoms with E-state index in [2.05, 4.69) is 4.43 Å². The highest BCUT2D eigenvalue weighted by atomic mass is 28.3. The summed E-state index contributed by atoms with van der Waals surface area (Å²) >= 11 is 0. The number of carboxylic acids is 1. The van der Waals surface area contributed by atoms with E-state index in [1.165, 1.54) is 13.1 Å². The molecule has 0 atom stereocenters. The maximum absolute atomic E-state index is 11.9. The summed E-state index contributed by atoms with van der Waals surface area (Å²) < 4.78 is 61.2. The summed E-state index contributed by atoms with van der Waals surface area (Å²) in [6.07, 6.45) is -10.6. The summed E-state index contributed by atoms with van der Waals surface area (Å²) in [5.41, 5.74) is 0. The Morgan fingerprint density at radius 1 is 1.20 bits per heavy atom. The van der Waals surface area contributed by atoms with Gasteiger partial charge in [-0.1, -0.05) is 0 Å². The molecule has 0 N–H and O–H groups in total. The molecule has 0 aliphatic rings. The zero-order chi connectivity index (χ0) is 12.9. The minimum absolute atomic E-state index is 0.972. The maximum atomic E-state index is 11.9. The summed E-state index contributed by atoms with van der Waals surface area (Å²) in [5, 5.41) is 8.89. The monoisotopic (exact) mass is 252 g/mol. The third-order valence-corrected chi connectivity index (χ3v) is 1.33. The third-order valence-electron chi connectivity index (χ3n) is 0.662. The Kier molecular flexibility index (Phi) is 6.69. The zero-order valence-electron chi connectivity index (χ0n) is 8.11. The van der Waals surface area contributed by atoms with E-state index in [1.54, 1.807) is 0 Å². The van der Waals surface area contributed by atoms with Crippen LogP contribution in [0.1, 0.15) is 6.92 Å². The fourth-order valence-corrected chi connectivity index (χ4v) is 0.943.